The molecule has 0 radical (unpaired) electrons. The van der Waals surface area contributed by atoms with Gasteiger partial charge in [-0.15, -0.1) is 0 Å². The second kappa shape index (κ2) is 7.17. The Bertz CT molecular complexity index is 729. The van der Waals surface area contributed by atoms with Gasteiger partial charge >= 0.3 is 5.97 Å². The number of anilines is 1. The number of carbonyl (C=O) groups is 2. The molecule has 24 heavy (non-hydrogen) atoms. The van der Waals surface area contributed by atoms with Gasteiger partial charge < -0.3 is 14.8 Å². The molecule has 2 atom stereocenters. The molecule has 5 nitrogen and oxygen atoms in total. The first-order valence-electron chi connectivity index (χ1n) is 7.92. The average Bonchev–Trinajstić information content (AvgIpc) is 3.32. The Kier molecular flexibility index (Phi) is 4.79. The Labute approximate surface area is 140 Å². The van der Waals surface area contributed by atoms with Crippen LogP contribution in [0.4, 0.5) is 5.69 Å². The molecule has 2 aromatic rings. The van der Waals surface area contributed by atoms with E-state index in [0.717, 1.165) is 6.42 Å². The summed E-state index contributed by atoms with van der Waals surface area (Å²) in [6, 6.07) is 16.4. The maximum atomic E-state index is 12.0. The molecule has 0 aliphatic heterocycles. The van der Waals surface area contributed by atoms with Gasteiger partial charge in [0.25, 0.3) is 5.91 Å². The molecule has 0 unspecified atom stereocenters. The lowest BCUT2D eigenvalue weighted by Gasteiger charge is -2.12. The van der Waals surface area contributed by atoms with Crippen molar-refractivity contribution in [2.45, 2.75) is 13.3 Å². The number of nitrogens with one attached hydrogen (secondary N) is 1. The van der Waals surface area contributed by atoms with Crippen molar-refractivity contribution in [3.8, 4) is 11.5 Å². The third-order valence-electron chi connectivity index (χ3n) is 3.89. The lowest BCUT2D eigenvalue weighted by atomic mass is 10.3. The van der Waals surface area contributed by atoms with E-state index >= 15 is 0 Å². The van der Waals surface area contributed by atoms with Gasteiger partial charge in [0.15, 0.2) is 12.4 Å². The van der Waals surface area contributed by atoms with E-state index in [2.05, 4.69) is 5.32 Å². The van der Waals surface area contributed by atoms with Crippen molar-refractivity contribution in [3.05, 3.63) is 54.6 Å². The Morgan fingerprint density at radius 1 is 1.08 bits per heavy atom. The van der Waals surface area contributed by atoms with Crippen molar-refractivity contribution in [2.24, 2.45) is 11.8 Å². The van der Waals surface area contributed by atoms with Crippen molar-refractivity contribution in [2.75, 3.05) is 11.9 Å². The molecular weight excluding hydrogens is 306 g/mol. The first kappa shape index (κ1) is 16.1. The summed E-state index contributed by atoms with van der Waals surface area (Å²) >= 11 is 0. The zero-order valence-electron chi connectivity index (χ0n) is 13.4. The van der Waals surface area contributed by atoms with Crippen LogP contribution in [0.15, 0.2) is 54.6 Å². The van der Waals surface area contributed by atoms with Crippen LogP contribution in [-0.4, -0.2) is 18.5 Å². The van der Waals surface area contributed by atoms with Gasteiger partial charge in [-0.1, -0.05) is 37.3 Å². The summed E-state index contributed by atoms with van der Waals surface area (Å²) in [5.74, 6) is 0.826. The van der Waals surface area contributed by atoms with Crippen molar-refractivity contribution in [1.29, 1.82) is 0 Å². The second-order valence-corrected chi connectivity index (χ2v) is 5.89. The quantitative estimate of drug-likeness (QED) is 0.824. The first-order valence-corrected chi connectivity index (χ1v) is 7.92. The van der Waals surface area contributed by atoms with Gasteiger partial charge in [-0.25, -0.2) is 0 Å². The van der Waals surface area contributed by atoms with Crippen LogP contribution < -0.4 is 10.1 Å². The van der Waals surface area contributed by atoms with Gasteiger partial charge in [-0.3, -0.25) is 9.59 Å². The summed E-state index contributed by atoms with van der Waals surface area (Å²) in [5.41, 5.74) is 0.530. The molecule has 1 aliphatic rings. The predicted molar refractivity (Wildman–Crippen MR) is 89.8 cm³/mol. The maximum Gasteiger partial charge on any atom is 0.309 e. The van der Waals surface area contributed by atoms with Crippen LogP contribution in [-0.2, 0) is 14.3 Å². The fraction of sp³-hybridized carbons (Fsp3) is 0.263. The highest BCUT2D eigenvalue weighted by Gasteiger charge is 2.40. The average molecular weight is 325 g/mol. The monoisotopic (exact) mass is 325 g/mol. The summed E-state index contributed by atoms with van der Waals surface area (Å²) in [5, 5.41) is 2.72. The number of benzene rings is 2. The Morgan fingerprint density at radius 3 is 2.46 bits per heavy atom. The normalized spacial score (nSPS) is 18.5. The van der Waals surface area contributed by atoms with Crippen LogP contribution in [0, 0.1) is 11.8 Å². The summed E-state index contributed by atoms with van der Waals surface area (Å²) in [4.78, 5) is 23.7. The van der Waals surface area contributed by atoms with Gasteiger partial charge in [-0.2, -0.15) is 0 Å². The van der Waals surface area contributed by atoms with Crippen LogP contribution in [0.25, 0.3) is 0 Å². The zero-order valence-corrected chi connectivity index (χ0v) is 13.4. The molecule has 3 rings (SSSR count). The standard InChI is InChI=1S/C19H19NO4/c1-13-11-15(13)19(22)23-12-18(21)20-16-9-5-6-10-17(16)24-14-7-3-2-4-8-14/h2-10,13,15H,11-12H2,1H3,(H,20,21)/t13-,15-/m0/s1. The van der Waals surface area contributed by atoms with E-state index in [1.165, 1.54) is 0 Å². The number of rotatable bonds is 6. The predicted octanol–water partition coefficient (Wildman–Crippen LogP) is 3.62. The van der Waals surface area contributed by atoms with Gasteiger partial charge in [0.05, 0.1) is 11.6 Å². The number of hydrogen-bond acceptors (Lipinski definition) is 4. The van der Waals surface area contributed by atoms with E-state index in [-0.39, 0.29) is 24.4 Å². The van der Waals surface area contributed by atoms with E-state index in [1.54, 1.807) is 18.2 Å². The van der Waals surface area contributed by atoms with Gasteiger partial charge in [0, 0.05) is 0 Å². The third kappa shape index (κ3) is 4.13. The van der Waals surface area contributed by atoms with Crippen molar-refractivity contribution in [1.82, 2.24) is 0 Å². The molecule has 1 amide bonds. The molecular formula is C19H19NO4. The smallest absolute Gasteiger partial charge is 0.309 e. The molecule has 5 heteroatoms. The molecule has 124 valence electrons. The summed E-state index contributed by atoms with van der Waals surface area (Å²) < 4.78 is 10.8. The van der Waals surface area contributed by atoms with Gasteiger partial charge in [0.1, 0.15) is 5.75 Å². The fourth-order valence-electron chi connectivity index (χ4n) is 2.35. The second-order valence-electron chi connectivity index (χ2n) is 5.89. The summed E-state index contributed by atoms with van der Waals surface area (Å²) in [6.07, 6.45) is 0.841. The van der Waals surface area contributed by atoms with Crippen LogP contribution in [0.3, 0.4) is 0 Å². The molecule has 0 bridgehead atoms. The Morgan fingerprint density at radius 2 is 1.75 bits per heavy atom. The van der Waals surface area contributed by atoms with Crippen LogP contribution in [0.5, 0.6) is 11.5 Å². The largest absolute Gasteiger partial charge is 0.455 e. The lowest BCUT2D eigenvalue weighted by molar-refractivity contribution is -0.148. The molecule has 1 N–H and O–H groups in total. The number of ether oxygens (including phenoxy) is 2. The fourth-order valence-corrected chi connectivity index (χ4v) is 2.35. The van der Waals surface area contributed by atoms with E-state index in [0.29, 0.717) is 23.1 Å². The molecule has 1 aliphatic carbocycles. The highest BCUT2D eigenvalue weighted by atomic mass is 16.5. The number of esters is 1. The molecule has 0 aromatic heterocycles. The molecule has 1 saturated carbocycles. The molecule has 0 spiro atoms. The number of hydrogen-bond donors (Lipinski definition) is 1. The third-order valence-corrected chi connectivity index (χ3v) is 3.89. The maximum absolute atomic E-state index is 12.0. The highest BCUT2D eigenvalue weighted by molar-refractivity contribution is 5.94. The van der Waals surface area contributed by atoms with Crippen molar-refractivity contribution in [3.63, 3.8) is 0 Å². The van der Waals surface area contributed by atoms with Gasteiger partial charge in [0.2, 0.25) is 0 Å². The number of amides is 1. The Balaban J connectivity index is 1.58. The minimum atomic E-state index is -0.388. The van der Waals surface area contributed by atoms with E-state index in [1.807, 2.05) is 43.3 Å². The van der Waals surface area contributed by atoms with Crippen LogP contribution in [0.1, 0.15) is 13.3 Å². The molecule has 0 heterocycles. The molecule has 0 saturated heterocycles. The first-order chi connectivity index (χ1) is 11.6. The molecule has 1 fully saturated rings. The van der Waals surface area contributed by atoms with Crippen LogP contribution >= 0.6 is 0 Å². The summed E-state index contributed by atoms with van der Waals surface area (Å²) in [6.45, 7) is 1.70. The van der Waals surface area contributed by atoms with E-state index in [9.17, 15) is 9.59 Å². The highest BCUT2D eigenvalue weighted by Crippen LogP contribution is 2.38. The zero-order chi connectivity index (χ0) is 16.9. The van der Waals surface area contributed by atoms with Crippen molar-refractivity contribution < 1.29 is 19.1 Å². The van der Waals surface area contributed by atoms with Crippen molar-refractivity contribution >= 4 is 17.6 Å². The van der Waals surface area contributed by atoms with Crippen LogP contribution in [0.2, 0.25) is 0 Å². The number of para-hydroxylation sites is 3. The van der Waals surface area contributed by atoms with Gasteiger partial charge in [-0.05, 0) is 36.6 Å². The summed E-state index contributed by atoms with van der Waals surface area (Å²) in [7, 11) is 0. The minimum Gasteiger partial charge on any atom is -0.455 e. The molecule has 2 aromatic carbocycles. The topological polar surface area (TPSA) is 64.6 Å². The number of carbonyl (C=O) groups excluding carboxylic acids is 2. The Hall–Kier alpha value is -2.82. The lowest BCUT2D eigenvalue weighted by Crippen LogP contribution is -2.22. The van der Waals surface area contributed by atoms with E-state index < -0.39 is 0 Å². The SMILES string of the molecule is C[C@H]1C[C@@H]1C(=O)OCC(=O)Nc1ccccc1Oc1ccccc1. The minimum absolute atomic E-state index is 0.0495. The van der Waals surface area contributed by atoms with E-state index in [4.69, 9.17) is 9.47 Å².